The van der Waals surface area contributed by atoms with Gasteiger partial charge in [-0.1, -0.05) is 385 Å². The Morgan fingerprint density at radius 3 is 1.20 bits per heavy atom. The van der Waals surface area contributed by atoms with Gasteiger partial charge in [-0.25, -0.2) is 0 Å². The molecule has 143 heavy (non-hydrogen) atoms. The molecule has 0 radical (unpaired) electrons. The summed E-state index contributed by atoms with van der Waals surface area (Å²) in [5.41, 5.74) is 43.1. The van der Waals surface area contributed by atoms with Gasteiger partial charge in [-0.2, -0.15) is 0 Å². The highest BCUT2D eigenvalue weighted by Crippen LogP contribution is 2.60. The van der Waals surface area contributed by atoms with Gasteiger partial charge < -0.3 is 28.0 Å². The van der Waals surface area contributed by atoms with Gasteiger partial charge in [0.1, 0.15) is 33.5 Å². The van der Waals surface area contributed by atoms with Gasteiger partial charge in [0.05, 0.1) is 5.69 Å². The van der Waals surface area contributed by atoms with Gasteiger partial charge in [0.2, 0.25) is 0 Å². The Morgan fingerprint density at radius 1 is 0.203 bits per heavy atom. The predicted molar refractivity (Wildman–Crippen MR) is 603 cm³/mol. The summed E-state index contributed by atoms with van der Waals surface area (Å²) >= 11 is 0. The molecule has 0 saturated heterocycles. The van der Waals surface area contributed by atoms with Crippen molar-refractivity contribution in [3.05, 3.63) is 499 Å². The highest BCUT2D eigenvalue weighted by Gasteiger charge is 2.43. The molecule has 24 aromatic rings. The summed E-state index contributed by atoms with van der Waals surface area (Å²) in [5.74, 6) is 0.941. The van der Waals surface area contributed by atoms with Crippen LogP contribution in [-0.2, 0) is 16.2 Å². The SMILES string of the molecule is CC(C)c1ccc(N(c2ccc(C(C)C)cc2)c2cc(-c3ccccc3)c3oc4cc5c(cc4c3c2)-c2ccccc2C5(C)C)cc1.CC1(C)c2ccccc2-c2c1cc1oc3ccc(N(c4ccccc4)c4cc5ccccc5c5ccccc45)cc3c1c2-c1ccccc1.CC1(C)c2ccccc2-c2cc3c(oc4ccc(N(c5ccccc5)c5ccc(-c6ccccc6)cc5)cc43)c(-c3ccccc3)c21. The standard InChI is InChI=1S/C47H33NO.C45H33NO.C45H41NO/c1-47(2)39-24-14-13-23-37(39)45-40(47)29-43-46(44(45)30-15-5-3-6-16-30)38-28-33(25-26-42(38)49-43)48(32-18-7-4-8-19-32)41-27-31-17-9-10-20-34(31)35-21-11-12-22-36(35)41;1-45(2)40-21-13-12-20-36(40)38-29-39-37-28-35(26-27-41(37)47-44(39)42(43(38)45)32-16-8-4-9-17-32)46(33-18-10-5-11-19-33)34-24-22-31(23-25-34)30-14-6-3-7-15-30;1-28(2)30-16-20-33(21-17-30)46(34-22-18-31(19-23-34)29(3)4)35-24-37(32-12-8-7-9-13-32)44-40(25-35)39-26-38-36-14-10-11-15-41(36)45(5,6)42(38)27-43(39)47-44/h3-29H,1-2H3;3-29H,1-2H3;7-29H,1-6H3. The normalized spacial score (nSPS) is 13.3. The highest BCUT2D eigenvalue weighted by molar-refractivity contribution is 6.21. The second-order valence-electron chi connectivity index (χ2n) is 40.9. The van der Waals surface area contributed by atoms with Crippen molar-refractivity contribution in [3.63, 3.8) is 0 Å². The van der Waals surface area contributed by atoms with Crippen LogP contribution in [0.3, 0.4) is 0 Å². The maximum absolute atomic E-state index is 6.87. The van der Waals surface area contributed by atoms with Crippen LogP contribution in [0.2, 0.25) is 0 Å². The number of furan rings is 3. The smallest absolute Gasteiger partial charge is 0.143 e. The van der Waals surface area contributed by atoms with E-state index in [1.807, 2.05) is 0 Å². The van der Waals surface area contributed by atoms with Gasteiger partial charge in [-0.3, -0.25) is 0 Å². The molecule has 688 valence electrons. The third kappa shape index (κ3) is 14.7. The number of rotatable bonds is 15. The molecular weight excluding hydrogens is 1740 g/mol. The van der Waals surface area contributed by atoms with Crippen LogP contribution in [0.1, 0.15) is 126 Å². The van der Waals surface area contributed by atoms with Crippen molar-refractivity contribution in [2.45, 2.75) is 97.3 Å². The molecule has 21 aromatic carbocycles. The summed E-state index contributed by atoms with van der Waals surface area (Å²) in [5, 5.41) is 11.7. The Labute approximate surface area is 835 Å². The Balaban J connectivity index is 0.000000113. The zero-order chi connectivity index (χ0) is 96.7. The first-order valence-corrected chi connectivity index (χ1v) is 50.2. The monoisotopic (exact) mass is 1840 g/mol. The summed E-state index contributed by atoms with van der Waals surface area (Å²) in [7, 11) is 0. The average molecular weight is 1840 g/mol. The van der Waals surface area contributed by atoms with E-state index < -0.39 is 0 Å². The molecule has 0 amide bonds. The molecule has 3 aromatic heterocycles. The maximum Gasteiger partial charge on any atom is 0.143 e. The lowest BCUT2D eigenvalue weighted by molar-refractivity contribution is 0.647. The average Bonchev–Trinajstić information content (AvgIpc) is 1.55. The molecule has 0 saturated carbocycles. The molecule has 0 atom stereocenters. The molecule has 6 heteroatoms. The fourth-order valence-electron chi connectivity index (χ4n) is 23.5. The number of hydrogen-bond donors (Lipinski definition) is 0. The van der Waals surface area contributed by atoms with Crippen molar-refractivity contribution >= 4 is 139 Å². The molecule has 0 unspecified atom stereocenters. The Kier molecular flexibility index (Phi) is 21.3. The van der Waals surface area contributed by atoms with Crippen molar-refractivity contribution in [2.24, 2.45) is 0 Å². The van der Waals surface area contributed by atoms with E-state index in [9.17, 15) is 0 Å². The highest BCUT2D eigenvalue weighted by atomic mass is 16.3. The second kappa shape index (κ2) is 34.8. The number of para-hydroxylation sites is 2. The first-order chi connectivity index (χ1) is 69.9. The fraction of sp³-hybridized carbons (Fsp3) is 0.109. The van der Waals surface area contributed by atoms with E-state index in [1.165, 1.54) is 133 Å². The van der Waals surface area contributed by atoms with Crippen LogP contribution >= 0.6 is 0 Å². The van der Waals surface area contributed by atoms with E-state index >= 15 is 0 Å². The molecule has 3 aliphatic rings. The molecule has 0 aliphatic heterocycles. The molecule has 0 fully saturated rings. The molecule has 0 N–H and O–H groups in total. The summed E-state index contributed by atoms with van der Waals surface area (Å²) in [4.78, 5) is 7.13. The molecule has 0 spiro atoms. The summed E-state index contributed by atoms with van der Waals surface area (Å²) in [6.45, 7) is 23.0. The summed E-state index contributed by atoms with van der Waals surface area (Å²) in [6.07, 6.45) is 0. The molecule has 6 nitrogen and oxygen atoms in total. The van der Waals surface area contributed by atoms with Gasteiger partial charge in [0, 0.05) is 116 Å². The third-order valence-corrected chi connectivity index (χ3v) is 30.7. The maximum atomic E-state index is 6.87. The molecule has 3 heterocycles. The molecular formula is C137H107N3O3. The van der Waals surface area contributed by atoms with Crippen molar-refractivity contribution < 1.29 is 13.3 Å². The quantitative estimate of drug-likeness (QED) is 0.0954. The number of nitrogens with zero attached hydrogens (tertiary/aromatic N) is 3. The van der Waals surface area contributed by atoms with E-state index in [2.05, 4.69) is 539 Å². The summed E-state index contributed by atoms with van der Waals surface area (Å²) in [6, 6.07) is 165. The first kappa shape index (κ1) is 87.4. The van der Waals surface area contributed by atoms with E-state index in [0.29, 0.717) is 11.8 Å². The van der Waals surface area contributed by atoms with E-state index in [0.717, 1.165) is 128 Å². The lowest BCUT2D eigenvalue weighted by atomic mass is 9.78. The Hall–Kier alpha value is -17.1. The second-order valence-corrected chi connectivity index (χ2v) is 40.9. The zero-order valence-corrected chi connectivity index (χ0v) is 82.0. The van der Waals surface area contributed by atoms with E-state index in [-0.39, 0.29) is 16.2 Å². The lowest BCUT2D eigenvalue weighted by Crippen LogP contribution is -2.16. The molecule has 27 rings (SSSR count). The number of hydrogen-bond acceptors (Lipinski definition) is 6. The fourth-order valence-corrected chi connectivity index (χ4v) is 23.5. The van der Waals surface area contributed by atoms with Crippen LogP contribution in [0.4, 0.5) is 51.2 Å². The van der Waals surface area contributed by atoms with Gasteiger partial charge in [-0.15, -0.1) is 0 Å². The Morgan fingerprint density at radius 2 is 0.601 bits per heavy atom. The number of anilines is 9. The van der Waals surface area contributed by atoms with Gasteiger partial charge in [0.15, 0.2) is 0 Å². The summed E-state index contributed by atoms with van der Waals surface area (Å²) < 4.78 is 20.5. The van der Waals surface area contributed by atoms with Crippen molar-refractivity contribution in [1.29, 1.82) is 0 Å². The minimum Gasteiger partial charge on any atom is -0.456 e. The largest absolute Gasteiger partial charge is 0.456 e. The van der Waals surface area contributed by atoms with Gasteiger partial charge >= 0.3 is 0 Å². The van der Waals surface area contributed by atoms with Crippen LogP contribution in [0.25, 0.3) is 165 Å². The molecule has 3 aliphatic carbocycles. The van der Waals surface area contributed by atoms with E-state index in [1.54, 1.807) is 0 Å². The van der Waals surface area contributed by atoms with Crippen LogP contribution < -0.4 is 14.7 Å². The minimum atomic E-state index is -0.161. The topological polar surface area (TPSA) is 49.1 Å². The lowest BCUT2D eigenvalue weighted by Gasteiger charge is -2.27. The zero-order valence-electron chi connectivity index (χ0n) is 82.0. The number of fused-ring (bicyclic) bond motifs is 21. The third-order valence-electron chi connectivity index (χ3n) is 30.7. The van der Waals surface area contributed by atoms with Gasteiger partial charge in [0.25, 0.3) is 0 Å². The number of benzene rings is 21. The van der Waals surface area contributed by atoms with Crippen molar-refractivity contribution in [3.8, 4) is 77.9 Å². The van der Waals surface area contributed by atoms with Crippen LogP contribution in [-0.4, -0.2) is 0 Å². The van der Waals surface area contributed by atoms with Crippen LogP contribution in [0.5, 0.6) is 0 Å². The van der Waals surface area contributed by atoms with Crippen molar-refractivity contribution in [2.75, 3.05) is 14.7 Å². The van der Waals surface area contributed by atoms with Gasteiger partial charge in [-0.05, 0) is 273 Å². The van der Waals surface area contributed by atoms with Crippen LogP contribution in [0.15, 0.2) is 468 Å². The predicted octanol–water partition coefficient (Wildman–Crippen LogP) is 39.3. The van der Waals surface area contributed by atoms with E-state index in [4.69, 9.17) is 13.3 Å². The molecule has 0 bridgehead atoms. The first-order valence-electron chi connectivity index (χ1n) is 50.2. The Bertz CT molecular complexity index is 9010. The minimum absolute atomic E-state index is 0.0897. The van der Waals surface area contributed by atoms with Crippen LogP contribution in [0, 0.1) is 0 Å². The van der Waals surface area contributed by atoms with Crippen molar-refractivity contribution in [1.82, 2.24) is 0 Å².